The molecule has 7 heteroatoms. The van der Waals surface area contributed by atoms with Crippen LogP contribution >= 0.6 is 23.4 Å². The zero-order chi connectivity index (χ0) is 12.3. The van der Waals surface area contributed by atoms with Crippen LogP contribution in [0.4, 0.5) is 0 Å². The second kappa shape index (κ2) is 5.48. The first kappa shape index (κ1) is 12.3. The van der Waals surface area contributed by atoms with Crippen LogP contribution < -0.4 is 5.73 Å². The molecule has 1 aromatic carbocycles. The number of benzene rings is 1. The number of hydrogen-bond donors (Lipinski definition) is 1. The second-order valence-electron chi connectivity index (χ2n) is 3.44. The molecule has 0 aliphatic carbocycles. The highest BCUT2D eigenvalue weighted by molar-refractivity contribution is 7.99. The fraction of sp³-hybridized carbons (Fsp3) is 0.300. The summed E-state index contributed by atoms with van der Waals surface area (Å²) >= 11 is 7.65. The van der Waals surface area contributed by atoms with Crippen LogP contribution in [0.5, 0.6) is 0 Å². The minimum Gasteiger partial charge on any atom is -0.330 e. The van der Waals surface area contributed by atoms with Crippen LogP contribution in [0.1, 0.15) is 5.56 Å². The maximum absolute atomic E-state index is 6.16. The lowest BCUT2D eigenvalue weighted by Crippen LogP contribution is -2.04. The highest BCUT2D eigenvalue weighted by Crippen LogP contribution is 2.32. The van der Waals surface area contributed by atoms with Crippen LogP contribution in [0.25, 0.3) is 0 Å². The Morgan fingerprint density at radius 1 is 1.47 bits per heavy atom. The van der Waals surface area contributed by atoms with Crippen LogP contribution in [-0.2, 0) is 13.5 Å². The lowest BCUT2D eigenvalue weighted by atomic mass is 10.1. The van der Waals surface area contributed by atoms with Gasteiger partial charge in [-0.2, -0.15) is 0 Å². The fourth-order valence-corrected chi connectivity index (χ4v) is 2.68. The maximum atomic E-state index is 6.16. The first-order valence-electron chi connectivity index (χ1n) is 5.10. The van der Waals surface area contributed by atoms with E-state index in [0.717, 1.165) is 27.1 Å². The van der Waals surface area contributed by atoms with Gasteiger partial charge in [0.2, 0.25) is 5.16 Å². The van der Waals surface area contributed by atoms with E-state index in [4.69, 9.17) is 17.3 Å². The van der Waals surface area contributed by atoms with E-state index >= 15 is 0 Å². The topological polar surface area (TPSA) is 69.6 Å². The van der Waals surface area contributed by atoms with Crippen LogP contribution in [0.15, 0.2) is 28.3 Å². The van der Waals surface area contributed by atoms with Gasteiger partial charge in [0.1, 0.15) is 0 Å². The third-order valence-corrected chi connectivity index (χ3v) is 3.74. The number of rotatable bonds is 4. The zero-order valence-corrected chi connectivity index (χ0v) is 10.9. The Morgan fingerprint density at radius 2 is 2.29 bits per heavy atom. The lowest BCUT2D eigenvalue weighted by Gasteiger charge is -2.08. The van der Waals surface area contributed by atoms with Gasteiger partial charge in [0.15, 0.2) is 0 Å². The lowest BCUT2D eigenvalue weighted by molar-refractivity contribution is 0.664. The van der Waals surface area contributed by atoms with Gasteiger partial charge in [-0.3, -0.25) is 0 Å². The molecule has 0 unspecified atom stereocenters. The van der Waals surface area contributed by atoms with Crippen molar-refractivity contribution in [2.75, 3.05) is 6.54 Å². The van der Waals surface area contributed by atoms with Gasteiger partial charge in [-0.05, 0) is 52.9 Å². The Morgan fingerprint density at radius 3 is 2.94 bits per heavy atom. The van der Waals surface area contributed by atoms with Crippen molar-refractivity contribution in [3.05, 3.63) is 28.8 Å². The van der Waals surface area contributed by atoms with E-state index in [2.05, 4.69) is 15.5 Å². The summed E-state index contributed by atoms with van der Waals surface area (Å²) in [6.45, 7) is 0.564. The summed E-state index contributed by atoms with van der Waals surface area (Å²) in [7, 11) is 1.80. The molecular weight excluding hydrogens is 258 g/mol. The Hall–Kier alpha value is -1.11. The number of nitrogens with zero attached hydrogens (tertiary/aromatic N) is 4. The normalized spacial score (nSPS) is 10.8. The van der Waals surface area contributed by atoms with Gasteiger partial charge in [0.25, 0.3) is 0 Å². The van der Waals surface area contributed by atoms with Crippen molar-refractivity contribution >= 4 is 23.4 Å². The second-order valence-corrected chi connectivity index (χ2v) is 4.86. The number of aryl methyl sites for hydroxylation is 1. The number of halogens is 1. The van der Waals surface area contributed by atoms with Gasteiger partial charge in [0.05, 0.1) is 0 Å². The van der Waals surface area contributed by atoms with Crippen molar-refractivity contribution in [2.45, 2.75) is 16.5 Å². The molecule has 1 heterocycles. The monoisotopic (exact) mass is 269 g/mol. The van der Waals surface area contributed by atoms with E-state index in [9.17, 15) is 0 Å². The molecule has 2 rings (SSSR count). The van der Waals surface area contributed by atoms with Gasteiger partial charge < -0.3 is 5.73 Å². The van der Waals surface area contributed by atoms with Crippen LogP contribution in [0, 0.1) is 0 Å². The zero-order valence-electron chi connectivity index (χ0n) is 9.30. The maximum Gasteiger partial charge on any atom is 0.213 e. The average Bonchev–Trinajstić information content (AvgIpc) is 2.70. The molecule has 2 N–H and O–H groups in total. The Labute approximate surface area is 108 Å². The molecule has 0 spiro atoms. The predicted octanol–water partition coefficient (Wildman–Crippen LogP) is 1.52. The van der Waals surface area contributed by atoms with Gasteiger partial charge in [-0.1, -0.05) is 17.7 Å². The van der Waals surface area contributed by atoms with E-state index in [1.807, 2.05) is 18.2 Å². The average molecular weight is 270 g/mol. The van der Waals surface area contributed by atoms with Crippen molar-refractivity contribution in [1.82, 2.24) is 20.2 Å². The van der Waals surface area contributed by atoms with E-state index in [1.165, 1.54) is 11.8 Å². The molecule has 0 aliphatic heterocycles. The summed E-state index contributed by atoms with van der Waals surface area (Å²) in [6.07, 6.45) is 0.743. The molecule has 0 atom stereocenters. The number of tetrazole rings is 1. The van der Waals surface area contributed by atoms with Crippen molar-refractivity contribution in [3.63, 3.8) is 0 Å². The molecule has 1 aromatic heterocycles. The van der Waals surface area contributed by atoms with Crippen molar-refractivity contribution < 1.29 is 0 Å². The third kappa shape index (κ3) is 2.77. The SMILES string of the molecule is Cn1nnnc1Sc1cccc(Cl)c1CCN. The summed E-state index contributed by atoms with van der Waals surface area (Å²) in [4.78, 5) is 1.04. The van der Waals surface area contributed by atoms with Crippen molar-refractivity contribution in [3.8, 4) is 0 Å². The molecular formula is C10H12ClN5S. The van der Waals surface area contributed by atoms with Gasteiger partial charge in [-0.25, -0.2) is 4.68 Å². The molecule has 0 bridgehead atoms. The van der Waals surface area contributed by atoms with Gasteiger partial charge in [-0.15, -0.1) is 5.10 Å². The molecule has 0 radical (unpaired) electrons. The Bertz CT molecular complexity index is 513. The molecule has 90 valence electrons. The standard InChI is InChI=1S/C10H12ClN5S/c1-16-10(13-14-15-16)17-9-4-2-3-8(11)7(9)5-6-12/h2-4H,5-6,12H2,1H3. The molecule has 2 aromatic rings. The largest absolute Gasteiger partial charge is 0.330 e. The highest BCUT2D eigenvalue weighted by Gasteiger charge is 2.11. The van der Waals surface area contributed by atoms with Crippen LogP contribution in [0.2, 0.25) is 5.02 Å². The first-order chi connectivity index (χ1) is 8.22. The van der Waals surface area contributed by atoms with E-state index < -0.39 is 0 Å². The molecule has 5 nitrogen and oxygen atoms in total. The highest BCUT2D eigenvalue weighted by atomic mass is 35.5. The summed E-state index contributed by atoms with van der Waals surface area (Å²) in [5, 5.41) is 12.8. The molecule has 0 fully saturated rings. The quantitative estimate of drug-likeness (QED) is 0.911. The Balaban J connectivity index is 2.32. The van der Waals surface area contributed by atoms with Crippen molar-refractivity contribution in [2.24, 2.45) is 12.8 Å². The van der Waals surface area contributed by atoms with Crippen molar-refractivity contribution in [1.29, 1.82) is 0 Å². The molecule has 17 heavy (non-hydrogen) atoms. The predicted molar refractivity (Wildman–Crippen MR) is 67.1 cm³/mol. The minimum atomic E-state index is 0.564. The number of nitrogens with two attached hydrogens (primary N) is 1. The Kier molecular flexibility index (Phi) is 3.98. The minimum absolute atomic E-state index is 0.564. The van der Waals surface area contributed by atoms with Crippen LogP contribution in [-0.4, -0.2) is 26.8 Å². The van der Waals surface area contributed by atoms with Gasteiger partial charge >= 0.3 is 0 Å². The fourth-order valence-electron chi connectivity index (χ4n) is 1.43. The molecule has 0 amide bonds. The first-order valence-corrected chi connectivity index (χ1v) is 6.29. The summed E-state index contributed by atoms with van der Waals surface area (Å²) < 4.78 is 1.62. The van der Waals surface area contributed by atoms with Gasteiger partial charge in [0, 0.05) is 17.0 Å². The smallest absolute Gasteiger partial charge is 0.213 e. The summed E-state index contributed by atoms with van der Waals surface area (Å²) in [6, 6.07) is 5.77. The number of hydrogen-bond acceptors (Lipinski definition) is 5. The molecule has 0 saturated heterocycles. The summed E-state index contributed by atoms with van der Waals surface area (Å²) in [5.74, 6) is 0. The van der Waals surface area contributed by atoms with Crippen LogP contribution in [0.3, 0.4) is 0 Å². The number of aromatic nitrogens is 4. The molecule has 0 aliphatic rings. The van der Waals surface area contributed by atoms with E-state index in [-0.39, 0.29) is 0 Å². The van der Waals surface area contributed by atoms with E-state index in [1.54, 1.807) is 11.7 Å². The third-order valence-electron chi connectivity index (χ3n) is 2.25. The van der Waals surface area contributed by atoms with E-state index in [0.29, 0.717) is 6.54 Å². The molecule has 0 saturated carbocycles. The summed E-state index contributed by atoms with van der Waals surface area (Å²) in [5.41, 5.74) is 6.63.